The Labute approximate surface area is 228 Å². The summed E-state index contributed by atoms with van der Waals surface area (Å²) < 4.78 is 0. The van der Waals surface area contributed by atoms with Crippen LogP contribution in [0, 0.1) is 6.92 Å². The number of anilines is 1. The number of halogens is 1. The number of nitrogens with one attached hydrogen (secondary N) is 3. The number of carbonyl (C=O) groups is 2. The van der Waals surface area contributed by atoms with Crippen molar-refractivity contribution in [3.05, 3.63) is 106 Å². The summed E-state index contributed by atoms with van der Waals surface area (Å²) >= 11 is 6.71. The minimum Gasteiger partial charge on any atom is -0.478 e. The SMILES string of the molecule is Cc1ccc(C2CC23C(=O)Nc2cc(Cl)c(-c4ccc(-c5ccc(-c6n[nH][nH]6)cc5)cc4)cc23)cc1C(=O)O. The number of carboxylic acid groups (broad SMARTS) is 1. The fraction of sp³-hybridized carbons (Fsp3) is 0.129. The number of hydrogen-bond acceptors (Lipinski definition) is 3. The Morgan fingerprint density at radius 2 is 1.59 bits per heavy atom. The molecule has 2 atom stereocenters. The molecule has 1 saturated carbocycles. The van der Waals surface area contributed by atoms with Crippen LogP contribution in [-0.4, -0.2) is 32.4 Å². The van der Waals surface area contributed by atoms with E-state index in [9.17, 15) is 14.7 Å². The lowest BCUT2D eigenvalue weighted by Crippen LogP contribution is -2.21. The van der Waals surface area contributed by atoms with Gasteiger partial charge in [0.1, 0.15) is 0 Å². The molecule has 4 N–H and O–H groups in total. The Balaban J connectivity index is 1.21. The maximum absolute atomic E-state index is 13.2. The van der Waals surface area contributed by atoms with Gasteiger partial charge < -0.3 is 10.4 Å². The molecule has 2 unspecified atom stereocenters. The number of aromatic amines is 2. The number of carboxylic acids is 1. The zero-order chi connectivity index (χ0) is 26.9. The topological polar surface area (TPSA) is 111 Å². The summed E-state index contributed by atoms with van der Waals surface area (Å²) in [6, 6.07) is 25.7. The third-order valence-electron chi connectivity index (χ3n) is 8.13. The van der Waals surface area contributed by atoms with E-state index in [4.69, 9.17) is 11.6 Å². The van der Waals surface area contributed by atoms with E-state index in [2.05, 4.69) is 45.0 Å². The number of nitrogens with zero attached hydrogens (tertiary/aromatic N) is 1. The highest BCUT2D eigenvalue weighted by Gasteiger charge is 2.65. The van der Waals surface area contributed by atoms with Crippen molar-refractivity contribution in [2.45, 2.75) is 24.7 Å². The minimum atomic E-state index is -0.962. The predicted molar refractivity (Wildman–Crippen MR) is 150 cm³/mol. The van der Waals surface area contributed by atoms with Crippen molar-refractivity contribution in [1.82, 2.24) is 15.4 Å². The van der Waals surface area contributed by atoms with Crippen LogP contribution in [0.15, 0.2) is 78.9 Å². The number of aryl methyl sites for hydroxylation is 1. The standard InChI is InChI=1S/C31H23ClN4O3/c1-16-2-3-21(12-22(16)29(37)38)25-15-31(25)24-13-23(26(32)14-27(24)33-30(31)39)19-8-4-17(5-9-19)18-6-10-20(11-7-18)28-34-36-35-28/h2-14,25,36H,15H2,1H3,(H,33,39)(H,34,35)(H,37,38). The molecule has 4 aromatic carbocycles. The second kappa shape index (κ2) is 8.44. The van der Waals surface area contributed by atoms with E-state index < -0.39 is 11.4 Å². The van der Waals surface area contributed by atoms with E-state index in [-0.39, 0.29) is 17.4 Å². The number of hydrogen-bond donors (Lipinski definition) is 4. The largest absolute Gasteiger partial charge is 0.478 e. The van der Waals surface area contributed by atoms with Crippen LogP contribution in [0.3, 0.4) is 0 Å². The summed E-state index contributed by atoms with van der Waals surface area (Å²) in [6.07, 6.45) is 0.627. The predicted octanol–water partition coefficient (Wildman–Crippen LogP) is 6.78. The first kappa shape index (κ1) is 23.5. The Bertz CT molecular complexity index is 1780. The molecule has 1 aliphatic heterocycles. The zero-order valence-corrected chi connectivity index (χ0v) is 21.6. The molecule has 0 radical (unpaired) electrons. The second-order valence-electron chi connectivity index (χ2n) is 10.3. The van der Waals surface area contributed by atoms with Crippen molar-refractivity contribution in [3.63, 3.8) is 0 Å². The molecule has 0 saturated heterocycles. The zero-order valence-electron chi connectivity index (χ0n) is 20.9. The van der Waals surface area contributed by atoms with Crippen molar-refractivity contribution in [2.24, 2.45) is 0 Å². The number of fused-ring (bicyclic) bond motifs is 2. The van der Waals surface area contributed by atoms with Crippen LogP contribution < -0.4 is 5.32 Å². The van der Waals surface area contributed by atoms with E-state index >= 15 is 0 Å². The highest BCUT2D eigenvalue weighted by Crippen LogP contribution is 2.65. The molecular weight excluding hydrogens is 512 g/mol. The van der Waals surface area contributed by atoms with Crippen molar-refractivity contribution in [1.29, 1.82) is 0 Å². The van der Waals surface area contributed by atoms with Gasteiger partial charge in [0.15, 0.2) is 5.82 Å². The van der Waals surface area contributed by atoms with Crippen LogP contribution in [0.1, 0.15) is 39.4 Å². The van der Waals surface area contributed by atoms with Crippen LogP contribution in [0.5, 0.6) is 0 Å². The van der Waals surface area contributed by atoms with Gasteiger partial charge in [-0.1, -0.05) is 72.3 Å². The number of H-pyrrole nitrogens is 2. The smallest absolute Gasteiger partial charge is 0.335 e. The van der Waals surface area contributed by atoms with Gasteiger partial charge in [0.2, 0.25) is 5.91 Å². The molecule has 1 aliphatic carbocycles. The summed E-state index contributed by atoms with van der Waals surface area (Å²) in [5.74, 6) is -0.299. The maximum atomic E-state index is 13.2. The highest BCUT2D eigenvalue weighted by atomic mass is 35.5. The fourth-order valence-corrected chi connectivity index (χ4v) is 6.11. The number of aromatic carboxylic acids is 1. The second-order valence-corrected chi connectivity index (χ2v) is 10.7. The quantitative estimate of drug-likeness (QED) is 0.199. The molecule has 39 heavy (non-hydrogen) atoms. The van der Waals surface area contributed by atoms with Gasteiger partial charge in [0, 0.05) is 22.7 Å². The van der Waals surface area contributed by atoms with Crippen LogP contribution >= 0.6 is 11.6 Å². The third kappa shape index (κ3) is 3.61. The number of aromatic nitrogens is 3. The lowest BCUT2D eigenvalue weighted by Gasteiger charge is -2.13. The van der Waals surface area contributed by atoms with Gasteiger partial charge in [-0.2, -0.15) is 0 Å². The fourth-order valence-electron chi connectivity index (χ4n) is 5.84. The molecule has 1 aromatic heterocycles. The van der Waals surface area contributed by atoms with Gasteiger partial charge >= 0.3 is 5.97 Å². The number of carbonyl (C=O) groups excluding carboxylic acids is 1. The van der Waals surface area contributed by atoms with E-state index in [0.29, 0.717) is 17.0 Å². The monoisotopic (exact) mass is 534 g/mol. The van der Waals surface area contributed by atoms with Crippen LogP contribution in [0.25, 0.3) is 33.6 Å². The average Bonchev–Trinajstić information content (AvgIpc) is 3.59. The van der Waals surface area contributed by atoms with Crippen molar-refractivity contribution in [2.75, 3.05) is 5.32 Å². The molecule has 8 heteroatoms. The van der Waals surface area contributed by atoms with E-state index in [1.165, 1.54) is 0 Å². The number of amides is 1. The van der Waals surface area contributed by atoms with Gasteiger partial charge in [-0.3, -0.25) is 9.89 Å². The summed E-state index contributed by atoms with van der Waals surface area (Å²) in [6.45, 7) is 1.78. The van der Waals surface area contributed by atoms with Gasteiger partial charge in [-0.25, -0.2) is 10.0 Å². The van der Waals surface area contributed by atoms with E-state index in [1.807, 2.05) is 48.5 Å². The first-order valence-corrected chi connectivity index (χ1v) is 13.0. The third-order valence-corrected chi connectivity index (χ3v) is 8.44. The molecule has 7 rings (SSSR count). The van der Waals surface area contributed by atoms with E-state index in [1.54, 1.807) is 13.0 Å². The summed E-state index contributed by atoms with van der Waals surface area (Å²) in [4.78, 5) is 24.9. The lowest BCUT2D eigenvalue weighted by atomic mass is 9.89. The Hall–Kier alpha value is -4.62. The highest BCUT2D eigenvalue weighted by molar-refractivity contribution is 6.34. The Morgan fingerprint density at radius 3 is 2.21 bits per heavy atom. The normalized spacial score (nSPS) is 19.2. The molecular formula is C31H23ClN4O3. The van der Waals surface area contributed by atoms with E-state index in [0.717, 1.165) is 50.5 Å². The van der Waals surface area contributed by atoms with Crippen LogP contribution in [0.2, 0.25) is 5.02 Å². The summed E-state index contributed by atoms with van der Waals surface area (Å²) in [5.41, 5.74) is 7.75. The van der Waals surface area contributed by atoms with Crippen LogP contribution in [-0.2, 0) is 10.2 Å². The molecule has 192 valence electrons. The molecule has 2 aliphatic rings. The van der Waals surface area contributed by atoms with Gasteiger partial charge in [0.25, 0.3) is 0 Å². The maximum Gasteiger partial charge on any atom is 0.335 e. The molecule has 1 fully saturated rings. The van der Waals surface area contributed by atoms with Gasteiger partial charge in [-0.05, 0) is 64.9 Å². The lowest BCUT2D eigenvalue weighted by molar-refractivity contribution is -0.118. The average molecular weight is 535 g/mol. The molecule has 7 nitrogen and oxygen atoms in total. The van der Waals surface area contributed by atoms with Gasteiger partial charge in [-0.15, -0.1) is 5.10 Å². The Kier molecular flexibility index (Phi) is 5.09. The first-order chi connectivity index (χ1) is 18.8. The van der Waals surface area contributed by atoms with Crippen LogP contribution in [0.4, 0.5) is 5.69 Å². The molecule has 1 spiro atoms. The first-order valence-electron chi connectivity index (χ1n) is 12.6. The minimum absolute atomic E-state index is 0.0641. The van der Waals surface area contributed by atoms with Gasteiger partial charge in [0.05, 0.1) is 16.0 Å². The summed E-state index contributed by atoms with van der Waals surface area (Å²) in [5, 5.41) is 22.8. The molecule has 2 heterocycles. The molecule has 1 amide bonds. The van der Waals surface area contributed by atoms with Crippen molar-refractivity contribution >= 4 is 29.2 Å². The van der Waals surface area contributed by atoms with Crippen molar-refractivity contribution in [3.8, 4) is 33.6 Å². The van der Waals surface area contributed by atoms with Crippen molar-refractivity contribution < 1.29 is 14.7 Å². The number of benzene rings is 4. The molecule has 5 aromatic rings. The summed E-state index contributed by atoms with van der Waals surface area (Å²) in [7, 11) is 0. The Morgan fingerprint density at radius 1 is 0.949 bits per heavy atom. The number of rotatable bonds is 5. The molecule has 0 bridgehead atoms.